The Morgan fingerprint density at radius 1 is 1.00 bits per heavy atom. The zero-order valence-corrected chi connectivity index (χ0v) is 13.2. The molecule has 1 N–H and O–H groups in total. The lowest BCUT2D eigenvalue weighted by atomic mass is 9.79. The Kier molecular flexibility index (Phi) is 9.54. The minimum atomic E-state index is 0.747. The predicted octanol–water partition coefficient (Wildman–Crippen LogP) is 5.25. The number of nitrogens with zero attached hydrogens (tertiary/aromatic N) is 1. The molecular formula is C17H35NO. The number of hydrogen-bond donors (Lipinski definition) is 1. The van der Waals surface area contributed by atoms with E-state index in [9.17, 15) is 5.21 Å². The van der Waals surface area contributed by atoms with Gasteiger partial charge >= 0.3 is 0 Å². The maximum absolute atomic E-state index is 9.74. The first-order chi connectivity index (χ1) is 9.27. The second kappa shape index (κ2) is 10.7. The highest BCUT2D eigenvalue weighted by Gasteiger charge is 2.25. The van der Waals surface area contributed by atoms with Crippen molar-refractivity contribution < 1.29 is 5.21 Å². The van der Waals surface area contributed by atoms with Gasteiger partial charge in [-0.05, 0) is 24.7 Å². The van der Waals surface area contributed by atoms with Crippen LogP contribution in [0.4, 0.5) is 0 Å². The molecule has 1 fully saturated rings. The van der Waals surface area contributed by atoms with Crippen LogP contribution in [0.25, 0.3) is 0 Å². The highest BCUT2D eigenvalue weighted by atomic mass is 16.5. The fraction of sp³-hybridized carbons (Fsp3) is 1.00. The van der Waals surface area contributed by atoms with E-state index in [0.717, 1.165) is 24.9 Å². The Balaban J connectivity index is 2.33. The van der Waals surface area contributed by atoms with E-state index in [2.05, 4.69) is 13.8 Å². The summed E-state index contributed by atoms with van der Waals surface area (Å²) in [5.41, 5.74) is 0. The van der Waals surface area contributed by atoms with Gasteiger partial charge in [0, 0.05) is 13.1 Å². The summed E-state index contributed by atoms with van der Waals surface area (Å²) in [5, 5.41) is 11.3. The highest BCUT2D eigenvalue weighted by Crippen LogP contribution is 2.31. The number of piperidine rings is 1. The van der Waals surface area contributed by atoms with E-state index in [-0.39, 0.29) is 0 Å². The largest absolute Gasteiger partial charge is 0.314 e. The lowest BCUT2D eigenvalue weighted by Gasteiger charge is -2.34. The molecule has 0 aliphatic carbocycles. The van der Waals surface area contributed by atoms with Crippen molar-refractivity contribution >= 4 is 0 Å². The van der Waals surface area contributed by atoms with Gasteiger partial charge in [-0.25, -0.2) is 0 Å². The van der Waals surface area contributed by atoms with E-state index in [0.29, 0.717) is 0 Å². The summed E-state index contributed by atoms with van der Waals surface area (Å²) >= 11 is 0. The van der Waals surface area contributed by atoms with E-state index in [1.165, 1.54) is 70.6 Å². The highest BCUT2D eigenvalue weighted by molar-refractivity contribution is 4.76. The Hall–Kier alpha value is -0.0800. The van der Waals surface area contributed by atoms with Crippen LogP contribution < -0.4 is 0 Å². The summed E-state index contributed by atoms with van der Waals surface area (Å²) in [4.78, 5) is 0. The maximum Gasteiger partial charge on any atom is 0.0269 e. The van der Waals surface area contributed by atoms with Crippen molar-refractivity contribution in [2.24, 2.45) is 11.8 Å². The van der Waals surface area contributed by atoms with E-state index in [1.54, 1.807) is 5.06 Å². The molecule has 0 aromatic heterocycles. The maximum atomic E-state index is 9.74. The SMILES string of the molecule is CCCCCCC(CCCCC)C1CCCN(O)C1. The molecular weight excluding hydrogens is 234 g/mol. The van der Waals surface area contributed by atoms with Crippen molar-refractivity contribution in [3.05, 3.63) is 0 Å². The van der Waals surface area contributed by atoms with Crippen LogP contribution in [-0.4, -0.2) is 23.4 Å². The third-order valence-corrected chi connectivity index (χ3v) is 4.71. The smallest absolute Gasteiger partial charge is 0.0269 e. The molecule has 0 spiro atoms. The summed E-state index contributed by atoms with van der Waals surface area (Å²) in [6.07, 6.45) is 14.9. The van der Waals surface area contributed by atoms with E-state index >= 15 is 0 Å². The van der Waals surface area contributed by atoms with Gasteiger partial charge in [-0.3, -0.25) is 0 Å². The fourth-order valence-electron chi connectivity index (χ4n) is 3.48. The molecule has 2 nitrogen and oxygen atoms in total. The first-order valence-corrected chi connectivity index (χ1v) is 8.71. The molecule has 1 aliphatic heterocycles. The first-order valence-electron chi connectivity index (χ1n) is 8.71. The minimum absolute atomic E-state index is 0.747. The molecule has 0 aromatic rings. The zero-order chi connectivity index (χ0) is 13.9. The molecule has 1 saturated heterocycles. The summed E-state index contributed by atoms with van der Waals surface area (Å²) in [6.45, 7) is 6.37. The van der Waals surface area contributed by atoms with Gasteiger partial charge in [0.1, 0.15) is 0 Å². The van der Waals surface area contributed by atoms with Gasteiger partial charge in [0.15, 0.2) is 0 Å². The lowest BCUT2D eigenvalue weighted by Crippen LogP contribution is -2.36. The van der Waals surface area contributed by atoms with Gasteiger partial charge in [-0.1, -0.05) is 71.6 Å². The Labute approximate surface area is 120 Å². The normalized spacial score (nSPS) is 22.6. The summed E-state index contributed by atoms with van der Waals surface area (Å²) in [7, 11) is 0. The van der Waals surface area contributed by atoms with Crippen molar-refractivity contribution in [3.8, 4) is 0 Å². The molecule has 0 amide bonds. The van der Waals surface area contributed by atoms with Gasteiger partial charge in [0.2, 0.25) is 0 Å². The third kappa shape index (κ3) is 7.31. The van der Waals surface area contributed by atoms with Crippen LogP contribution in [0, 0.1) is 11.8 Å². The van der Waals surface area contributed by atoms with Crippen LogP contribution in [0.1, 0.15) is 84.5 Å². The van der Waals surface area contributed by atoms with Crippen molar-refractivity contribution in [2.45, 2.75) is 84.5 Å². The Bertz CT molecular complexity index is 207. The molecule has 0 aromatic carbocycles. The van der Waals surface area contributed by atoms with Crippen LogP contribution in [0.3, 0.4) is 0 Å². The van der Waals surface area contributed by atoms with Crippen LogP contribution in [0.15, 0.2) is 0 Å². The Morgan fingerprint density at radius 3 is 2.26 bits per heavy atom. The molecule has 0 bridgehead atoms. The van der Waals surface area contributed by atoms with Crippen molar-refractivity contribution in [2.75, 3.05) is 13.1 Å². The molecule has 1 heterocycles. The van der Waals surface area contributed by atoms with Gasteiger partial charge in [0.25, 0.3) is 0 Å². The standard InChI is InChI=1S/C17H35NO/c1-3-5-7-9-12-16(11-8-6-4-2)17-13-10-14-18(19)15-17/h16-17,19H,3-15H2,1-2H3. The quantitative estimate of drug-likeness (QED) is 0.547. The second-order valence-electron chi connectivity index (χ2n) is 6.42. The van der Waals surface area contributed by atoms with Gasteiger partial charge in [0.05, 0.1) is 0 Å². The van der Waals surface area contributed by atoms with Gasteiger partial charge in [-0.15, -0.1) is 0 Å². The number of hydrogen-bond acceptors (Lipinski definition) is 2. The number of rotatable bonds is 10. The van der Waals surface area contributed by atoms with Crippen LogP contribution in [0.2, 0.25) is 0 Å². The second-order valence-corrected chi connectivity index (χ2v) is 6.42. The topological polar surface area (TPSA) is 23.5 Å². The molecule has 114 valence electrons. The third-order valence-electron chi connectivity index (χ3n) is 4.71. The predicted molar refractivity (Wildman–Crippen MR) is 82.5 cm³/mol. The molecule has 2 unspecified atom stereocenters. The van der Waals surface area contributed by atoms with E-state index < -0.39 is 0 Å². The molecule has 0 saturated carbocycles. The van der Waals surface area contributed by atoms with Gasteiger partial charge < -0.3 is 5.21 Å². The first kappa shape index (κ1) is 17.0. The molecule has 1 rings (SSSR count). The number of unbranched alkanes of at least 4 members (excludes halogenated alkanes) is 5. The molecule has 2 heteroatoms. The van der Waals surface area contributed by atoms with Crippen LogP contribution in [-0.2, 0) is 0 Å². The summed E-state index contributed by atoms with van der Waals surface area (Å²) < 4.78 is 0. The summed E-state index contributed by atoms with van der Waals surface area (Å²) in [6, 6.07) is 0. The van der Waals surface area contributed by atoms with Crippen molar-refractivity contribution in [1.82, 2.24) is 5.06 Å². The average molecular weight is 269 g/mol. The van der Waals surface area contributed by atoms with Gasteiger partial charge in [-0.2, -0.15) is 5.06 Å². The Morgan fingerprint density at radius 2 is 1.63 bits per heavy atom. The monoisotopic (exact) mass is 269 g/mol. The summed E-state index contributed by atoms with van der Waals surface area (Å²) in [5.74, 6) is 1.61. The molecule has 2 atom stereocenters. The van der Waals surface area contributed by atoms with Crippen molar-refractivity contribution in [1.29, 1.82) is 0 Å². The van der Waals surface area contributed by atoms with E-state index in [1.807, 2.05) is 0 Å². The molecule has 0 radical (unpaired) electrons. The van der Waals surface area contributed by atoms with Crippen LogP contribution in [0.5, 0.6) is 0 Å². The molecule has 1 aliphatic rings. The molecule has 19 heavy (non-hydrogen) atoms. The zero-order valence-electron chi connectivity index (χ0n) is 13.2. The number of hydroxylamine groups is 2. The average Bonchev–Trinajstić information content (AvgIpc) is 2.41. The van der Waals surface area contributed by atoms with E-state index in [4.69, 9.17) is 0 Å². The van der Waals surface area contributed by atoms with Crippen LogP contribution >= 0.6 is 0 Å². The van der Waals surface area contributed by atoms with Crippen molar-refractivity contribution in [3.63, 3.8) is 0 Å². The fourth-order valence-corrected chi connectivity index (χ4v) is 3.48. The lowest BCUT2D eigenvalue weighted by molar-refractivity contribution is -0.124. The minimum Gasteiger partial charge on any atom is -0.314 e.